The highest BCUT2D eigenvalue weighted by Gasteiger charge is 2.30. The van der Waals surface area contributed by atoms with E-state index in [4.69, 9.17) is 0 Å². The summed E-state index contributed by atoms with van der Waals surface area (Å²) in [5.41, 5.74) is 1.03. The van der Waals surface area contributed by atoms with Gasteiger partial charge in [-0.2, -0.15) is 13.2 Å². The van der Waals surface area contributed by atoms with Crippen molar-refractivity contribution in [3.63, 3.8) is 0 Å². The molecule has 0 atom stereocenters. The molecule has 3 aromatic rings. The van der Waals surface area contributed by atoms with Gasteiger partial charge in [0, 0.05) is 34.8 Å². The standard InChI is InChI=1S/C24H26F3NO/c1-2-3-4-5-6-9-16-28-17-21(20-10-7-8-11-22(20)28)23(29)18-12-14-19(15-13-18)24(25,26)27/h7-8,10-15,17H,2-6,9,16H2,1H3. The summed E-state index contributed by atoms with van der Waals surface area (Å²) in [6.07, 6.45) is 4.57. The van der Waals surface area contributed by atoms with E-state index in [1.165, 1.54) is 37.8 Å². The third-order valence-corrected chi connectivity index (χ3v) is 5.26. The molecule has 0 amide bonds. The van der Waals surface area contributed by atoms with E-state index in [0.29, 0.717) is 5.56 Å². The van der Waals surface area contributed by atoms with E-state index in [9.17, 15) is 18.0 Å². The predicted molar refractivity (Wildman–Crippen MR) is 110 cm³/mol. The number of hydrogen-bond acceptors (Lipinski definition) is 1. The number of benzene rings is 2. The highest BCUT2D eigenvalue weighted by Crippen LogP contribution is 2.30. The minimum atomic E-state index is -4.41. The van der Waals surface area contributed by atoms with Crippen molar-refractivity contribution in [1.29, 1.82) is 0 Å². The number of ketones is 1. The molecule has 0 spiro atoms. The molecule has 0 aliphatic heterocycles. The van der Waals surface area contributed by atoms with Gasteiger partial charge in [-0.3, -0.25) is 4.79 Å². The summed E-state index contributed by atoms with van der Waals surface area (Å²) in [4.78, 5) is 13.0. The van der Waals surface area contributed by atoms with Crippen molar-refractivity contribution in [3.05, 3.63) is 71.4 Å². The van der Waals surface area contributed by atoms with Crippen LogP contribution in [0.15, 0.2) is 54.7 Å². The molecule has 2 aromatic carbocycles. The third-order valence-electron chi connectivity index (χ3n) is 5.26. The van der Waals surface area contributed by atoms with E-state index in [0.717, 1.165) is 42.4 Å². The smallest absolute Gasteiger partial charge is 0.347 e. The summed E-state index contributed by atoms with van der Waals surface area (Å²) in [5, 5.41) is 0.836. The van der Waals surface area contributed by atoms with Crippen LogP contribution in [0.5, 0.6) is 0 Å². The molecule has 1 heterocycles. The van der Waals surface area contributed by atoms with E-state index in [-0.39, 0.29) is 11.3 Å². The average Bonchev–Trinajstić information content (AvgIpc) is 3.08. The second kappa shape index (κ2) is 9.29. The Hall–Kier alpha value is -2.56. The maximum atomic E-state index is 13.0. The quantitative estimate of drug-likeness (QED) is 0.273. The lowest BCUT2D eigenvalue weighted by molar-refractivity contribution is -0.137. The van der Waals surface area contributed by atoms with Crippen LogP contribution >= 0.6 is 0 Å². The number of unbranched alkanes of at least 4 members (excludes halogenated alkanes) is 5. The Labute approximate surface area is 169 Å². The van der Waals surface area contributed by atoms with Crippen LogP contribution in [-0.4, -0.2) is 10.4 Å². The molecule has 2 nitrogen and oxygen atoms in total. The Kier molecular flexibility index (Phi) is 6.78. The second-order valence-corrected chi connectivity index (χ2v) is 7.43. The van der Waals surface area contributed by atoms with Crippen LogP contribution in [0.3, 0.4) is 0 Å². The Balaban J connectivity index is 1.79. The van der Waals surface area contributed by atoms with Gasteiger partial charge in [0.15, 0.2) is 5.78 Å². The number of para-hydroxylation sites is 1. The van der Waals surface area contributed by atoms with E-state index in [1.807, 2.05) is 30.5 Å². The van der Waals surface area contributed by atoms with Crippen molar-refractivity contribution in [2.24, 2.45) is 0 Å². The molecule has 0 saturated heterocycles. The summed E-state index contributed by atoms with van der Waals surface area (Å²) in [6.45, 7) is 3.02. The van der Waals surface area contributed by atoms with Crippen LogP contribution < -0.4 is 0 Å². The number of aromatic nitrogens is 1. The summed E-state index contributed by atoms with van der Waals surface area (Å²) in [5.74, 6) is -0.253. The van der Waals surface area contributed by atoms with Crippen molar-refractivity contribution in [2.75, 3.05) is 0 Å². The molecule has 3 rings (SSSR count). The van der Waals surface area contributed by atoms with Crippen molar-refractivity contribution in [3.8, 4) is 0 Å². The summed E-state index contributed by atoms with van der Waals surface area (Å²) in [7, 11) is 0. The van der Waals surface area contributed by atoms with E-state index in [2.05, 4.69) is 11.5 Å². The zero-order valence-electron chi connectivity index (χ0n) is 16.6. The Morgan fingerprint density at radius 3 is 2.24 bits per heavy atom. The predicted octanol–water partition coefficient (Wildman–Crippen LogP) is 7.25. The van der Waals surface area contributed by atoms with Crippen LogP contribution in [0, 0.1) is 0 Å². The van der Waals surface area contributed by atoms with Crippen molar-refractivity contribution in [1.82, 2.24) is 4.57 Å². The van der Waals surface area contributed by atoms with Crippen LogP contribution in [0.1, 0.15) is 66.9 Å². The molecule has 0 saturated carbocycles. The molecule has 0 radical (unpaired) electrons. The highest BCUT2D eigenvalue weighted by atomic mass is 19.4. The Morgan fingerprint density at radius 2 is 1.55 bits per heavy atom. The Morgan fingerprint density at radius 1 is 0.897 bits per heavy atom. The maximum Gasteiger partial charge on any atom is 0.416 e. The largest absolute Gasteiger partial charge is 0.416 e. The number of aryl methyl sites for hydroxylation is 1. The lowest BCUT2D eigenvalue weighted by atomic mass is 10.0. The first-order valence-electron chi connectivity index (χ1n) is 10.2. The lowest BCUT2D eigenvalue weighted by Gasteiger charge is -2.07. The van der Waals surface area contributed by atoms with Crippen LogP contribution in [0.2, 0.25) is 0 Å². The van der Waals surface area contributed by atoms with Gasteiger partial charge in [0.25, 0.3) is 0 Å². The first-order valence-corrected chi connectivity index (χ1v) is 10.2. The van der Waals surface area contributed by atoms with Gasteiger partial charge in [0.05, 0.1) is 5.56 Å². The molecular weight excluding hydrogens is 375 g/mol. The number of rotatable bonds is 9. The van der Waals surface area contributed by atoms with Gasteiger partial charge in [-0.15, -0.1) is 0 Å². The van der Waals surface area contributed by atoms with E-state index in [1.54, 1.807) is 0 Å². The fourth-order valence-corrected chi connectivity index (χ4v) is 3.64. The second-order valence-electron chi connectivity index (χ2n) is 7.43. The van der Waals surface area contributed by atoms with Crippen molar-refractivity contribution >= 4 is 16.7 Å². The van der Waals surface area contributed by atoms with Gasteiger partial charge >= 0.3 is 6.18 Å². The molecule has 0 aliphatic carbocycles. The number of hydrogen-bond donors (Lipinski definition) is 0. The average molecular weight is 401 g/mol. The fourth-order valence-electron chi connectivity index (χ4n) is 3.64. The SMILES string of the molecule is CCCCCCCCn1cc(C(=O)c2ccc(C(F)(F)F)cc2)c2ccccc21. The van der Waals surface area contributed by atoms with Crippen molar-refractivity contribution in [2.45, 2.75) is 58.2 Å². The summed E-state index contributed by atoms with van der Waals surface area (Å²) < 4.78 is 40.4. The van der Waals surface area contributed by atoms with Crippen LogP contribution in [0.4, 0.5) is 13.2 Å². The molecule has 154 valence electrons. The normalized spacial score (nSPS) is 11.9. The zero-order chi connectivity index (χ0) is 20.9. The van der Waals surface area contributed by atoms with E-state index >= 15 is 0 Å². The van der Waals surface area contributed by atoms with Gasteiger partial charge in [0.2, 0.25) is 0 Å². The molecule has 0 N–H and O–H groups in total. The van der Waals surface area contributed by atoms with Gasteiger partial charge in [0.1, 0.15) is 0 Å². The number of carbonyl (C=O) groups excluding carboxylic acids is 1. The van der Waals surface area contributed by atoms with Crippen LogP contribution in [-0.2, 0) is 12.7 Å². The summed E-state index contributed by atoms with van der Waals surface area (Å²) in [6, 6.07) is 12.1. The minimum Gasteiger partial charge on any atom is -0.347 e. The first kappa shape index (κ1) is 21.2. The molecule has 1 aromatic heterocycles. The van der Waals surface area contributed by atoms with Gasteiger partial charge in [-0.1, -0.05) is 69.4 Å². The number of alkyl halides is 3. The molecular formula is C24H26F3NO. The summed E-state index contributed by atoms with van der Waals surface area (Å²) >= 11 is 0. The number of nitrogens with zero attached hydrogens (tertiary/aromatic N) is 1. The molecule has 5 heteroatoms. The first-order chi connectivity index (χ1) is 13.9. The molecule has 0 aliphatic rings. The lowest BCUT2D eigenvalue weighted by Crippen LogP contribution is -2.06. The Bertz CT molecular complexity index is 954. The third kappa shape index (κ3) is 5.08. The van der Waals surface area contributed by atoms with Crippen LogP contribution in [0.25, 0.3) is 10.9 Å². The highest BCUT2D eigenvalue weighted by molar-refractivity contribution is 6.16. The number of fused-ring (bicyclic) bond motifs is 1. The molecule has 0 fully saturated rings. The number of carbonyl (C=O) groups is 1. The molecule has 0 bridgehead atoms. The van der Waals surface area contributed by atoms with E-state index < -0.39 is 11.7 Å². The monoisotopic (exact) mass is 401 g/mol. The molecule has 0 unspecified atom stereocenters. The topological polar surface area (TPSA) is 22.0 Å². The van der Waals surface area contributed by atoms with Gasteiger partial charge in [-0.25, -0.2) is 0 Å². The van der Waals surface area contributed by atoms with Crippen molar-refractivity contribution < 1.29 is 18.0 Å². The molecule has 29 heavy (non-hydrogen) atoms. The number of halogens is 3. The van der Waals surface area contributed by atoms with Gasteiger partial charge in [-0.05, 0) is 24.6 Å². The minimum absolute atomic E-state index is 0.253. The fraction of sp³-hybridized carbons (Fsp3) is 0.375. The zero-order valence-corrected chi connectivity index (χ0v) is 16.6. The maximum absolute atomic E-state index is 13.0. The van der Waals surface area contributed by atoms with Gasteiger partial charge < -0.3 is 4.57 Å².